The van der Waals surface area contributed by atoms with Gasteiger partial charge in [0.25, 0.3) is 0 Å². The predicted molar refractivity (Wildman–Crippen MR) is 91.4 cm³/mol. The highest BCUT2D eigenvalue weighted by Gasteiger charge is 2.33. The molecular weight excluding hydrogens is 321 g/mol. The summed E-state index contributed by atoms with van der Waals surface area (Å²) in [6.45, 7) is 3.11. The SMILES string of the molecule is Cc1cnc(N2C[C@@H](N)[C@@H](n3ccnn3)C2)nc1-c1ccccc1F. The average molecular weight is 339 g/mol. The van der Waals surface area contributed by atoms with Gasteiger partial charge < -0.3 is 10.6 Å². The number of hydrogen-bond acceptors (Lipinski definition) is 6. The van der Waals surface area contributed by atoms with E-state index in [2.05, 4.69) is 20.3 Å². The summed E-state index contributed by atoms with van der Waals surface area (Å²) in [6.07, 6.45) is 5.15. The van der Waals surface area contributed by atoms with Crippen molar-refractivity contribution in [1.29, 1.82) is 0 Å². The zero-order valence-corrected chi connectivity index (χ0v) is 13.7. The van der Waals surface area contributed by atoms with Gasteiger partial charge in [-0.1, -0.05) is 17.3 Å². The summed E-state index contributed by atoms with van der Waals surface area (Å²) in [5.41, 5.74) is 8.15. The van der Waals surface area contributed by atoms with Gasteiger partial charge in [-0.2, -0.15) is 0 Å². The van der Waals surface area contributed by atoms with Crippen LogP contribution in [0.1, 0.15) is 11.6 Å². The number of hydrogen-bond donors (Lipinski definition) is 1. The van der Waals surface area contributed by atoms with Gasteiger partial charge in [0, 0.05) is 37.1 Å². The Morgan fingerprint density at radius 3 is 2.84 bits per heavy atom. The van der Waals surface area contributed by atoms with E-state index in [1.165, 1.54) is 6.07 Å². The van der Waals surface area contributed by atoms with E-state index < -0.39 is 0 Å². The predicted octanol–water partition coefficient (Wildman–Crippen LogP) is 1.57. The third kappa shape index (κ3) is 2.85. The molecule has 0 unspecified atom stereocenters. The van der Waals surface area contributed by atoms with E-state index in [4.69, 9.17) is 5.73 Å². The van der Waals surface area contributed by atoms with Gasteiger partial charge in [-0.05, 0) is 24.6 Å². The van der Waals surface area contributed by atoms with Crippen LogP contribution in [0.5, 0.6) is 0 Å². The third-order valence-electron chi connectivity index (χ3n) is 4.48. The molecule has 0 radical (unpaired) electrons. The summed E-state index contributed by atoms with van der Waals surface area (Å²) in [4.78, 5) is 11.0. The lowest BCUT2D eigenvalue weighted by Crippen LogP contribution is -2.31. The molecule has 2 N–H and O–H groups in total. The van der Waals surface area contributed by atoms with E-state index in [0.29, 0.717) is 30.3 Å². The zero-order valence-electron chi connectivity index (χ0n) is 13.7. The minimum absolute atomic E-state index is 0.00399. The molecule has 0 amide bonds. The summed E-state index contributed by atoms with van der Waals surface area (Å²) in [6, 6.07) is 6.52. The van der Waals surface area contributed by atoms with Crippen LogP contribution in [0.4, 0.5) is 10.3 Å². The maximum atomic E-state index is 14.2. The fraction of sp³-hybridized carbons (Fsp3) is 0.294. The van der Waals surface area contributed by atoms with Crippen LogP contribution in [-0.4, -0.2) is 44.1 Å². The normalized spacial score (nSPS) is 20.2. The second-order valence-corrected chi connectivity index (χ2v) is 6.20. The van der Waals surface area contributed by atoms with Crippen LogP contribution in [0.15, 0.2) is 42.9 Å². The molecule has 0 spiro atoms. The molecule has 0 aliphatic carbocycles. The summed E-state index contributed by atoms with van der Waals surface area (Å²) in [7, 11) is 0. The molecule has 8 heteroatoms. The van der Waals surface area contributed by atoms with Crippen molar-refractivity contribution in [1.82, 2.24) is 25.0 Å². The van der Waals surface area contributed by atoms with Gasteiger partial charge >= 0.3 is 0 Å². The topological polar surface area (TPSA) is 85.8 Å². The highest BCUT2D eigenvalue weighted by Crippen LogP contribution is 2.28. The highest BCUT2D eigenvalue weighted by atomic mass is 19.1. The Kier molecular flexibility index (Phi) is 3.89. The molecule has 128 valence electrons. The summed E-state index contributed by atoms with van der Waals surface area (Å²) < 4.78 is 15.9. The molecule has 3 aromatic rings. The van der Waals surface area contributed by atoms with Gasteiger partial charge in [-0.3, -0.25) is 0 Å². The number of nitrogens with zero attached hydrogens (tertiary/aromatic N) is 6. The van der Waals surface area contributed by atoms with E-state index in [9.17, 15) is 4.39 Å². The molecule has 25 heavy (non-hydrogen) atoms. The zero-order chi connectivity index (χ0) is 17.4. The lowest BCUT2D eigenvalue weighted by Gasteiger charge is -2.17. The maximum absolute atomic E-state index is 14.2. The first-order valence-electron chi connectivity index (χ1n) is 8.08. The van der Waals surface area contributed by atoms with Crippen molar-refractivity contribution in [3.8, 4) is 11.3 Å². The standard InChI is InChI=1S/C17H18FN7/c1-11-8-20-17(22-16(11)12-4-2-3-5-13(12)18)24-9-14(19)15(10-24)25-7-6-21-23-25/h2-8,14-15H,9-10,19H2,1H3/t14-,15+/m1/s1. The van der Waals surface area contributed by atoms with Crippen LogP contribution in [0, 0.1) is 12.7 Å². The van der Waals surface area contributed by atoms with Crippen molar-refractivity contribution >= 4 is 5.95 Å². The van der Waals surface area contributed by atoms with Crippen molar-refractivity contribution in [2.24, 2.45) is 5.73 Å². The quantitative estimate of drug-likeness (QED) is 0.780. The van der Waals surface area contributed by atoms with E-state index in [-0.39, 0.29) is 17.9 Å². The molecule has 3 heterocycles. The van der Waals surface area contributed by atoms with Crippen LogP contribution in [0.3, 0.4) is 0 Å². The molecule has 0 bridgehead atoms. The fourth-order valence-corrected chi connectivity index (χ4v) is 3.16. The van der Waals surface area contributed by atoms with Gasteiger partial charge in [-0.15, -0.1) is 5.10 Å². The van der Waals surface area contributed by atoms with Crippen molar-refractivity contribution in [3.05, 3.63) is 54.2 Å². The first-order valence-corrected chi connectivity index (χ1v) is 8.08. The molecule has 1 fully saturated rings. The Balaban J connectivity index is 1.66. The van der Waals surface area contributed by atoms with Crippen LogP contribution in [-0.2, 0) is 0 Å². The Labute approximate surface area is 144 Å². The number of anilines is 1. The minimum Gasteiger partial charge on any atom is -0.337 e. The number of nitrogens with two attached hydrogens (primary N) is 1. The van der Waals surface area contributed by atoms with Crippen LogP contribution >= 0.6 is 0 Å². The van der Waals surface area contributed by atoms with Crippen LogP contribution in [0.2, 0.25) is 0 Å². The van der Waals surface area contributed by atoms with E-state index in [1.54, 1.807) is 41.5 Å². The molecule has 4 rings (SSSR count). The van der Waals surface area contributed by atoms with E-state index >= 15 is 0 Å². The van der Waals surface area contributed by atoms with E-state index in [1.807, 2.05) is 11.8 Å². The van der Waals surface area contributed by atoms with Crippen molar-refractivity contribution < 1.29 is 4.39 Å². The first kappa shape index (κ1) is 15.6. The average Bonchev–Trinajstić information content (AvgIpc) is 3.25. The lowest BCUT2D eigenvalue weighted by molar-refractivity contribution is 0.436. The number of aryl methyl sites for hydroxylation is 1. The Morgan fingerprint density at radius 2 is 2.08 bits per heavy atom. The molecule has 2 aromatic heterocycles. The number of halogens is 1. The molecule has 7 nitrogen and oxygen atoms in total. The number of aromatic nitrogens is 5. The van der Waals surface area contributed by atoms with Crippen molar-refractivity contribution in [2.75, 3.05) is 18.0 Å². The van der Waals surface area contributed by atoms with Crippen LogP contribution < -0.4 is 10.6 Å². The maximum Gasteiger partial charge on any atom is 0.226 e. The van der Waals surface area contributed by atoms with Gasteiger partial charge in [0.05, 0.1) is 17.9 Å². The molecule has 1 aromatic carbocycles. The van der Waals surface area contributed by atoms with Gasteiger partial charge in [0.1, 0.15) is 5.82 Å². The van der Waals surface area contributed by atoms with Crippen LogP contribution in [0.25, 0.3) is 11.3 Å². The summed E-state index contributed by atoms with van der Waals surface area (Å²) in [5, 5.41) is 7.88. The van der Waals surface area contributed by atoms with Crippen molar-refractivity contribution in [3.63, 3.8) is 0 Å². The van der Waals surface area contributed by atoms with Gasteiger partial charge in [0.2, 0.25) is 5.95 Å². The van der Waals surface area contributed by atoms with Gasteiger partial charge in [-0.25, -0.2) is 19.0 Å². The molecular formula is C17H18FN7. The molecule has 0 saturated carbocycles. The summed E-state index contributed by atoms with van der Waals surface area (Å²) >= 11 is 0. The third-order valence-corrected chi connectivity index (χ3v) is 4.48. The minimum atomic E-state index is -0.297. The molecule has 1 aliphatic rings. The monoisotopic (exact) mass is 339 g/mol. The Morgan fingerprint density at radius 1 is 1.24 bits per heavy atom. The molecule has 1 aliphatic heterocycles. The second-order valence-electron chi connectivity index (χ2n) is 6.20. The smallest absolute Gasteiger partial charge is 0.226 e. The second kappa shape index (κ2) is 6.21. The molecule has 2 atom stereocenters. The fourth-order valence-electron chi connectivity index (χ4n) is 3.16. The summed E-state index contributed by atoms with van der Waals surface area (Å²) in [5.74, 6) is 0.246. The van der Waals surface area contributed by atoms with Crippen molar-refractivity contribution in [2.45, 2.75) is 19.0 Å². The largest absolute Gasteiger partial charge is 0.337 e. The Hall–Kier alpha value is -2.87. The molecule has 1 saturated heterocycles. The lowest BCUT2D eigenvalue weighted by atomic mass is 10.1. The first-order chi connectivity index (χ1) is 12.1. The van der Waals surface area contributed by atoms with E-state index in [0.717, 1.165) is 5.56 Å². The number of rotatable bonds is 3. The Bertz CT molecular complexity index is 880. The van der Waals surface area contributed by atoms with Gasteiger partial charge in [0.15, 0.2) is 0 Å². The number of benzene rings is 1. The highest BCUT2D eigenvalue weighted by molar-refractivity contribution is 5.64.